The molecule has 0 spiro atoms. The third kappa shape index (κ3) is 4.04. The van der Waals surface area contributed by atoms with Crippen LogP contribution in [0.2, 0.25) is 0 Å². The number of thiazole rings is 1. The Hall–Kier alpha value is -1.87. The van der Waals surface area contributed by atoms with Crippen LogP contribution in [0, 0.1) is 0 Å². The highest BCUT2D eigenvalue weighted by Crippen LogP contribution is 2.37. The number of azo groups is 1. The van der Waals surface area contributed by atoms with Gasteiger partial charge in [0, 0.05) is 12.1 Å². The van der Waals surface area contributed by atoms with Crippen LogP contribution in [0.5, 0.6) is 0 Å². The lowest BCUT2D eigenvalue weighted by Gasteiger charge is -2.15. The summed E-state index contributed by atoms with van der Waals surface area (Å²) in [6, 6.07) is 8.23. The minimum absolute atomic E-state index is 0.0645. The van der Waals surface area contributed by atoms with Crippen LogP contribution in [0.1, 0.15) is 31.4 Å². The molecule has 8 heteroatoms. The van der Waals surface area contributed by atoms with Gasteiger partial charge in [0.1, 0.15) is 15.5 Å². The first-order valence-electron chi connectivity index (χ1n) is 8.25. The Morgan fingerprint density at radius 1 is 1.20 bits per heavy atom. The van der Waals surface area contributed by atoms with E-state index < -0.39 is 0 Å². The van der Waals surface area contributed by atoms with Crippen molar-refractivity contribution in [3.05, 3.63) is 29.8 Å². The summed E-state index contributed by atoms with van der Waals surface area (Å²) in [7, 11) is 4.16. The zero-order valence-electron chi connectivity index (χ0n) is 14.6. The monoisotopic (exact) mass is 375 g/mol. The third-order valence-corrected chi connectivity index (χ3v) is 5.81. The molecule has 0 amide bonds. The largest absolute Gasteiger partial charge is 0.375 e. The highest BCUT2D eigenvalue weighted by atomic mass is 32.1. The zero-order valence-corrected chi connectivity index (χ0v) is 16.2. The first kappa shape index (κ1) is 17.9. The van der Waals surface area contributed by atoms with E-state index in [9.17, 15) is 0 Å². The molecule has 0 bridgehead atoms. The van der Waals surface area contributed by atoms with Crippen molar-refractivity contribution in [2.24, 2.45) is 16.0 Å². The summed E-state index contributed by atoms with van der Waals surface area (Å²) in [6.45, 7) is 2.15. The van der Waals surface area contributed by atoms with E-state index in [0.29, 0.717) is 5.13 Å². The summed E-state index contributed by atoms with van der Waals surface area (Å²) in [4.78, 5) is 6.39. The fourth-order valence-corrected chi connectivity index (χ4v) is 4.45. The Labute approximate surface area is 155 Å². The normalized spacial score (nSPS) is 13.3. The average molecular weight is 376 g/mol. The Bertz CT molecular complexity index is 864. The molecule has 5 N–H and O–H groups in total. The molecule has 25 heavy (non-hydrogen) atoms. The van der Waals surface area contributed by atoms with Gasteiger partial charge in [-0.1, -0.05) is 42.1 Å². The fraction of sp³-hybridized carbons (Fsp3) is 0.353. The first-order valence-corrected chi connectivity index (χ1v) is 9.89. The van der Waals surface area contributed by atoms with Crippen molar-refractivity contribution in [3.8, 4) is 0 Å². The Morgan fingerprint density at radius 3 is 2.68 bits per heavy atom. The van der Waals surface area contributed by atoms with Crippen molar-refractivity contribution in [2.45, 2.75) is 25.8 Å². The zero-order chi connectivity index (χ0) is 18.0. The summed E-state index contributed by atoms with van der Waals surface area (Å²) < 4.78 is 1.05. The van der Waals surface area contributed by atoms with Crippen LogP contribution in [-0.4, -0.2) is 19.1 Å². The minimum Gasteiger partial charge on any atom is -0.375 e. The lowest BCUT2D eigenvalue weighted by Crippen LogP contribution is -3.00. The fourth-order valence-electron chi connectivity index (χ4n) is 2.64. The molecule has 1 unspecified atom stereocenters. The highest BCUT2D eigenvalue weighted by molar-refractivity contribution is 7.30. The van der Waals surface area contributed by atoms with E-state index in [1.165, 1.54) is 27.6 Å². The number of rotatable bonds is 6. The van der Waals surface area contributed by atoms with E-state index in [0.717, 1.165) is 44.3 Å². The Kier molecular flexibility index (Phi) is 5.43. The van der Waals surface area contributed by atoms with E-state index in [1.54, 1.807) is 0 Å². The van der Waals surface area contributed by atoms with Gasteiger partial charge in [-0.3, -0.25) is 0 Å². The maximum absolute atomic E-state index is 6.26. The van der Waals surface area contributed by atoms with Crippen LogP contribution < -0.4 is 16.4 Å². The molecule has 2 aromatic heterocycles. The van der Waals surface area contributed by atoms with Crippen LogP contribution in [-0.2, 0) is 0 Å². The number of nitrogen functional groups attached to an aromatic ring is 1. The smallest absolute Gasteiger partial charge is 0.181 e. The van der Waals surface area contributed by atoms with Crippen molar-refractivity contribution in [1.82, 2.24) is 4.98 Å². The quantitative estimate of drug-likeness (QED) is 0.570. The van der Waals surface area contributed by atoms with Crippen LogP contribution in [0.4, 0.5) is 21.5 Å². The second-order valence-electron chi connectivity index (χ2n) is 6.18. The lowest BCUT2D eigenvalue weighted by molar-refractivity contribution is -0.785. The van der Waals surface area contributed by atoms with Crippen molar-refractivity contribution in [2.75, 3.05) is 19.8 Å². The topological polar surface area (TPSA) is 94.1 Å². The number of fused-ring (bicyclic) bond motifs is 1. The molecule has 0 aliphatic carbocycles. The molecule has 6 nitrogen and oxygen atoms in total. The highest BCUT2D eigenvalue weighted by Gasteiger charge is 2.14. The molecular formula is C17H23N6S2+. The van der Waals surface area contributed by atoms with Crippen molar-refractivity contribution >= 4 is 53.7 Å². The van der Waals surface area contributed by atoms with E-state index in [2.05, 4.69) is 48.4 Å². The van der Waals surface area contributed by atoms with Crippen molar-refractivity contribution in [1.29, 1.82) is 0 Å². The second kappa shape index (κ2) is 7.57. The molecule has 1 atom stereocenters. The van der Waals surface area contributed by atoms with Crippen molar-refractivity contribution in [3.63, 3.8) is 0 Å². The van der Waals surface area contributed by atoms with Gasteiger partial charge in [-0.15, -0.1) is 10.2 Å². The Morgan fingerprint density at radius 2 is 2.00 bits per heavy atom. The summed E-state index contributed by atoms with van der Waals surface area (Å²) in [6.07, 6.45) is 2.05. The maximum Gasteiger partial charge on any atom is 0.181 e. The van der Waals surface area contributed by atoms with Gasteiger partial charge >= 0.3 is 0 Å². The number of benzene rings is 1. The van der Waals surface area contributed by atoms with Gasteiger partial charge in [0.2, 0.25) is 0 Å². The van der Waals surface area contributed by atoms with Gasteiger partial charge in [-0.25, -0.2) is 4.98 Å². The van der Waals surface area contributed by atoms with Gasteiger partial charge in [-0.05, 0) is 24.1 Å². The molecular weight excluding hydrogens is 352 g/mol. The van der Waals surface area contributed by atoms with E-state index in [1.807, 2.05) is 12.1 Å². The van der Waals surface area contributed by atoms with Gasteiger partial charge in [0.15, 0.2) is 10.8 Å². The first-order chi connectivity index (χ1) is 12.0. The summed E-state index contributed by atoms with van der Waals surface area (Å²) in [5.74, 6) is 0. The molecule has 2 heterocycles. The molecule has 0 radical (unpaired) electrons. The number of nitrogens with zero attached hydrogens (tertiary/aromatic N) is 3. The minimum atomic E-state index is 0.0645. The number of nitrogens with two attached hydrogens (primary N) is 2. The van der Waals surface area contributed by atoms with Gasteiger partial charge in [0.25, 0.3) is 0 Å². The van der Waals surface area contributed by atoms with Crippen LogP contribution in [0.15, 0.2) is 34.5 Å². The number of nitrogens with one attached hydrogen (secondary N) is 1. The molecule has 0 fully saturated rings. The molecule has 0 saturated heterocycles. The molecule has 3 rings (SSSR count). The Balaban J connectivity index is 1.88. The van der Waals surface area contributed by atoms with E-state index in [-0.39, 0.29) is 6.04 Å². The molecule has 3 aromatic rings. The summed E-state index contributed by atoms with van der Waals surface area (Å²) in [5.41, 5.74) is 15.1. The second-order valence-corrected chi connectivity index (χ2v) is 8.25. The molecule has 0 aliphatic rings. The average Bonchev–Trinajstić information content (AvgIpc) is 3.09. The predicted molar refractivity (Wildman–Crippen MR) is 107 cm³/mol. The van der Waals surface area contributed by atoms with Gasteiger partial charge in [0.05, 0.1) is 18.8 Å². The SMILES string of the molecule is CCCC(N)c1ccc(N=Nc2cc3sc(N)nc3s2)c([NH+](C)C)c1. The molecule has 1 aromatic carbocycles. The standard InChI is InChI=1S/C17H22N6S2/c1-4-5-11(18)10-6-7-12(13(8-10)23(2)3)21-22-15-9-14-16(25-15)20-17(19)24-14/h6-9,11H,4-5,18H2,1-3H3,(H2,19,20)/p+1. The molecule has 0 saturated carbocycles. The van der Waals surface area contributed by atoms with Crippen LogP contribution >= 0.6 is 22.7 Å². The number of thiophene rings is 1. The van der Waals surface area contributed by atoms with Crippen LogP contribution in [0.25, 0.3) is 9.53 Å². The number of anilines is 1. The van der Waals surface area contributed by atoms with E-state index in [4.69, 9.17) is 11.5 Å². The lowest BCUT2D eigenvalue weighted by atomic mass is 10.0. The van der Waals surface area contributed by atoms with E-state index >= 15 is 0 Å². The van der Waals surface area contributed by atoms with Gasteiger partial charge < -0.3 is 16.4 Å². The number of aromatic nitrogens is 1. The maximum atomic E-state index is 6.26. The summed E-state index contributed by atoms with van der Waals surface area (Å²) >= 11 is 2.97. The molecule has 0 aliphatic heterocycles. The van der Waals surface area contributed by atoms with Gasteiger partial charge in [-0.2, -0.15) is 0 Å². The molecule has 132 valence electrons. The predicted octanol–water partition coefficient (Wildman–Crippen LogP) is 3.93. The van der Waals surface area contributed by atoms with Crippen molar-refractivity contribution < 1.29 is 4.90 Å². The third-order valence-electron chi connectivity index (χ3n) is 3.94. The number of hydrogen-bond acceptors (Lipinski definition) is 7. The number of quaternary nitrogens is 1. The van der Waals surface area contributed by atoms with Crippen LogP contribution in [0.3, 0.4) is 0 Å². The number of hydrogen-bond donors (Lipinski definition) is 3. The summed E-state index contributed by atoms with van der Waals surface area (Å²) in [5, 5.41) is 10.3.